The Morgan fingerprint density at radius 1 is 1.43 bits per heavy atom. The third-order valence-corrected chi connectivity index (χ3v) is 2.97. The monoisotopic (exact) mass is 296 g/mol. The molecule has 0 spiro atoms. The first-order chi connectivity index (χ1) is 9.97. The number of aromatic nitrogens is 2. The summed E-state index contributed by atoms with van der Waals surface area (Å²) in [5, 5.41) is 17.7. The molecule has 0 bridgehead atoms. The molecule has 0 amide bonds. The van der Waals surface area contributed by atoms with E-state index in [1.54, 1.807) is 23.1 Å². The lowest BCUT2D eigenvalue weighted by atomic mass is 10.1. The number of nitrogens with one attached hydrogen (secondary N) is 1. The molecule has 1 aromatic carbocycles. The average molecular weight is 296 g/mol. The highest BCUT2D eigenvalue weighted by Gasteiger charge is 2.18. The minimum atomic E-state index is -1.18. The Balaban J connectivity index is 2.02. The molecule has 1 aromatic heterocycles. The fourth-order valence-electron chi connectivity index (χ4n) is 1.89. The van der Waals surface area contributed by atoms with Crippen molar-refractivity contribution in [1.82, 2.24) is 15.1 Å². The summed E-state index contributed by atoms with van der Waals surface area (Å²) in [6.45, 7) is 2.50. The molecule has 0 fully saturated rings. The maximum absolute atomic E-state index is 13.6. The second-order valence-corrected chi connectivity index (χ2v) is 4.66. The predicted molar refractivity (Wildman–Crippen MR) is 71.5 cm³/mol. The summed E-state index contributed by atoms with van der Waals surface area (Å²) >= 11 is 0. The van der Waals surface area contributed by atoms with Crippen molar-refractivity contribution in [3.05, 3.63) is 57.9 Å². The fraction of sp³-hybridized carbons (Fsp3) is 0.308. The van der Waals surface area contributed by atoms with Gasteiger partial charge in [-0.25, -0.2) is 4.39 Å². The van der Waals surface area contributed by atoms with Gasteiger partial charge in [-0.3, -0.25) is 14.8 Å². The molecule has 112 valence electrons. The van der Waals surface area contributed by atoms with Gasteiger partial charge in [0.2, 0.25) is 5.82 Å². The molecule has 6 nitrogen and oxygen atoms in total. The van der Waals surface area contributed by atoms with Crippen LogP contribution in [-0.2, 0) is 13.1 Å². The molecule has 0 aliphatic carbocycles. The van der Waals surface area contributed by atoms with Crippen molar-refractivity contribution in [2.24, 2.45) is 0 Å². The number of hydrogen-bond donors (Lipinski definition) is 1. The van der Waals surface area contributed by atoms with Gasteiger partial charge in [0.1, 0.15) is 5.82 Å². The summed E-state index contributed by atoms with van der Waals surface area (Å²) in [5.74, 6) is -1.98. The summed E-state index contributed by atoms with van der Waals surface area (Å²) in [5.41, 5.74) is -0.677. The zero-order valence-electron chi connectivity index (χ0n) is 11.3. The van der Waals surface area contributed by atoms with Crippen molar-refractivity contribution in [1.29, 1.82) is 0 Å². The first kappa shape index (κ1) is 15.0. The van der Waals surface area contributed by atoms with E-state index in [4.69, 9.17) is 0 Å². The van der Waals surface area contributed by atoms with Gasteiger partial charge in [-0.05, 0) is 13.0 Å². The zero-order valence-corrected chi connectivity index (χ0v) is 11.3. The third kappa shape index (κ3) is 3.82. The summed E-state index contributed by atoms with van der Waals surface area (Å²) in [7, 11) is 0. The van der Waals surface area contributed by atoms with Gasteiger partial charge in [-0.1, -0.05) is 0 Å². The summed E-state index contributed by atoms with van der Waals surface area (Å²) < 4.78 is 28.5. The highest BCUT2D eigenvalue weighted by atomic mass is 19.1. The maximum atomic E-state index is 13.6. The Morgan fingerprint density at radius 2 is 2.19 bits per heavy atom. The molecular formula is C13H14F2N4O2. The number of hydrogen-bond acceptors (Lipinski definition) is 4. The Morgan fingerprint density at radius 3 is 2.81 bits per heavy atom. The van der Waals surface area contributed by atoms with Crippen LogP contribution in [0.25, 0.3) is 0 Å². The van der Waals surface area contributed by atoms with E-state index >= 15 is 0 Å². The molecule has 0 saturated heterocycles. The number of halogens is 2. The van der Waals surface area contributed by atoms with E-state index in [0.717, 1.165) is 6.07 Å². The van der Waals surface area contributed by atoms with E-state index < -0.39 is 22.2 Å². The van der Waals surface area contributed by atoms with Crippen LogP contribution in [0, 0.1) is 21.7 Å². The summed E-state index contributed by atoms with van der Waals surface area (Å²) in [6, 6.07) is 3.20. The number of benzene rings is 1. The number of nitro groups is 1. The van der Waals surface area contributed by atoms with E-state index in [2.05, 4.69) is 10.4 Å². The van der Waals surface area contributed by atoms with Gasteiger partial charge in [0, 0.05) is 42.7 Å². The van der Waals surface area contributed by atoms with E-state index in [-0.39, 0.29) is 18.2 Å². The lowest BCUT2D eigenvalue weighted by Gasteiger charge is -2.14. The normalized spacial score (nSPS) is 12.3. The van der Waals surface area contributed by atoms with Crippen LogP contribution in [0.15, 0.2) is 30.6 Å². The molecule has 1 atom stereocenters. The van der Waals surface area contributed by atoms with E-state index in [9.17, 15) is 18.9 Å². The van der Waals surface area contributed by atoms with Crippen LogP contribution in [0.1, 0.15) is 12.5 Å². The van der Waals surface area contributed by atoms with Gasteiger partial charge >= 0.3 is 5.69 Å². The molecule has 1 N–H and O–H groups in total. The van der Waals surface area contributed by atoms with Gasteiger partial charge in [-0.2, -0.15) is 9.49 Å². The van der Waals surface area contributed by atoms with Crippen molar-refractivity contribution in [2.45, 2.75) is 26.1 Å². The predicted octanol–water partition coefficient (Wildman–Crippen LogP) is 2.25. The summed E-state index contributed by atoms with van der Waals surface area (Å²) in [4.78, 5) is 9.78. The molecule has 8 heteroatoms. The first-order valence-corrected chi connectivity index (χ1v) is 6.30. The van der Waals surface area contributed by atoms with E-state index in [0.29, 0.717) is 12.6 Å². The molecule has 0 aliphatic rings. The maximum Gasteiger partial charge on any atom is 0.305 e. The van der Waals surface area contributed by atoms with Crippen LogP contribution in [0.2, 0.25) is 0 Å². The minimum absolute atomic E-state index is 0.0339. The van der Waals surface area contributed by atoms with Crippen LogP contribution in [0.4, 0.5) is 14.5 Å². The van der Waals surface area contributed by atoms with Crippen molar-refractivity contribution in [3.63, 3.8) is 0 Å². The number of nitrogens with zero attached hydrogens (tertiary/aromatic N) is 3. The zero-order chi connectivity index (χ0) is 15.4. The highest BCUT2D eigenvalue weighted by Crippen LogP contribution is 2.21. The highest BCUT2D eigenvalue weighted by molar-refractivity contribution is 5.37. The Labute approximate surface area is 119 Å². The topological polar surface area (TPSA) is 73.0 Å². The standard InChI is InChI=1S/C13H14F2N4O2/c1-9(8-18-4-2-3-17-18)16-7-10-5-13(19(20)21)12(15)6-11(10)14/h2-6,9,16H,7-8H2,1H3. The molecule has 0 radical (unpaired) electrons. The smallest absolute Gasteiger partial charge is 0.305 e. The van der Waals surface area contributed by atoms with Crippen molar-refractivity contribution in [2.75, 3.05) is 0 Å². The Hall–Kier alpha value is -2.35. The number of nitro benzene ring substituents is 1. The van der Waals surface area contributed by atoms with Crippen molar-refractivity contribution < 1.29 is 13.7 Å². The first-order valence-electron chi connectivity index (χ1n) is 6.30. The molecule has 0 aliphatic heterocycles. The molecule has 21 heavy (non-hydrogen) atoms. The van der Waals surface area contributed by atoms with Gasteiger partial charge in [-0.15, -0.1) is 0 Å². The average Bonchev–Trinajstić information content (AvgIpc) is 2.90. The number of rotatable bonds is 6. The molecule has 2 rings (SSSR count). The SMILES string of the molecule is CC(Cn1cccn1)NCc1cc([N+](=O)[O-])c(F)cc1F. The molecule has 2 aromatic rings. The van der Waals surface area contributed by atoms with Crippen molar-refractivity contribution >= 4 is 5.69 Å². The third-order valence-electron chi connectivity index (χ3n) is 2.97. The quantitative estimate of drug-likeness (QED) is 0.655. The van der Waals surface area contributed by atoms with E-state index in [1.807, 2.05) is 6.92 Å². The van der Waals surface area contributed by atoms with Gasteiger partial charge < -0.3 is 5.32 Å². The molecule has 1 unspecified atom stereocenters. The van der Waals surface area contributed by atoms with Gasteiger partial charge in [0.25, 0.3) is 0 Å². The lowest BCUT2D eigenvalue weighted by molar-refractivity contribution is -0.387. The fourth-order valence-corrected chi connectivity index (χ4v) is 1.89. The molecular weight excluding hydrogens is 282 g/mol. The van der Waals surface area contributed by atoms with Gasteiger partial charge in [0.05, 0.1) is 11.5 Å². The minimum Gasteiger partial charge on any atom is -0.308 e. The Kier molecular flexibility index (Phi) is 4.59. The largest absolute Gasteiger partial charge is 0.308 e. The summed E-state index contributed by atoms with van der Waals surface area (Å²) in [6.07, 6.45) is 3.44. The molecule has 0 saturated carbocycles. The van der Waals surface area contributed by atoms with Crippen molar-refractivity contribution in [3.8, 4) is 0 Å². The van der Waals surface area contributed by atoms with Crippen LogP contribution in [0.3, 0.4) is 0 Å². The second kappa shape index (κ2) is 6.40. The van der Waals surface area contributed by atoms with Gasteiger partial charge in [0.15, 0.2) is 0 Å². The Bertz CT molecular complexity index is 631. The van der Waals surface area contributed by atoms with E-state index in [1.165, 1.54) is 0 Å². The second-order valence-electron chi connectivity index (χ2n) is 4.66. The molecule has 1 heterocycles. The van der Waals surface area contributed by atoms with Crippen LogP contribution < -0.4 is 5.32 Å². The van der Waals surface area contributed by atoms with Crippen LogP contribution in [-0.4, -0.2) is 20.7 Å². The lowest BCUT2D eigenvalue weighted by Crippen LogP contribution is -2.30. The van der Waals surface area contributed by atoms with Crippen LogP contribution >= 0.6 is 0 Å². The van der Waals surface area contributed by atoms with Crippen LogP contribution in [0.5, 0.6) is 0 Å².